The van der Waals surface area contributed by atoms with Crippen molar-refractivity contribution in [3.63, 3.8) is 0 Å². The number of benzene rings is 1. The topological polar surface area (TPSA) is 69.0 Å². The molecule has 0 aliphatic heterocycles. The largest absolute Gasteiger partial charge is 0.497 e. The van der Waals surface area contributed by atoms with Crippen molar-refractivity contribution in [3.05, 3.63) is 24.3 Å². The van der Waals surface area contributed by atoms with Crippen LogP contribution in [-0.4, -0.2) is 40.1 Å². The lowest BCUT2D eigenvalue weighted by atomic mass is 9.85. The second-order valence-corrected chi connectivity index (χ2v) is 9.50. The van der Waals surface area contributed by atoms with Crippen LogP contribution < -0.4 is 10.1 Å². The Kier molecular flexibility index (Phi) is 8.19. The van der Waals surface area contributed by atoms with Crippen LogP contribution in [-0.2, 0) is 4.79 Å². The van der Waals surface area contributed by atoms with Gasteiger partial charge in [0.25, 0.3) is 0 Å². The summed E-state index contributed by atoms with van der Waals surface area (Å²) in [5, 5.41) is 12.9. The molecule has 2 aromatic rings. The minimum absolute atomic E-state index is 0.0536. The zero-order chi connectivity index (χ0) is 21.5. The van der Waals surface area contributed by atoms with Crippen LogP contribution in [0.5, 0.6) is 5.75 Å². The molecule has 3 rings (SSSR count). The van der Waals surface area contributed by atoms with Gasteiger partial charge in [-0.1, -0.05) is 45.4 Å². The summed E-state index contributed by atoms with van der Waals surface area (Å²) in [7, 11) is 1.67. The molecule has 1 aromatic heterocycles. The van der Waals surface area contributed by atoms with Gasteiger partial charge < -0.3 is 10.1 Å². The highest BCUT2D eigenvalue weighted by atomic mass is 32.2. The summed E-state index contributed by atoms with van der Waals surface area (Å²) in [4.78, 5) is 12.3. The number of thioether (sulfide) groups is 1. The standard InChI is InChI=1S/C23H34N4O2S/c1-16(2)13-14-24-21(28)15-30-23-26-25-22(18-9-11-19(29-4)12-10-18)27(23)20-8-6-5-7-17(20)3/h9-12,16-17,20H,5-8,13-15H2,1-4H3,(H,24,28)/t17-,20-/m1/s1. The fourth-order valence-electron chi connectivity index (χ4n) is 3.97. The van der Waals surface area contributed by atoms with E-state index in [1.54, 1.807) is 7.11 Å². The van der Waals surface area contributed by atoms with E-state index < -0.39 is 0 Å². The van der Waals surface area contributed by atoms with Crippen LogP contribution in [0.15, 0.2) is 29.4 Å². The molecule has 0 saturated heterocycles. The highest BCUT2D eigenvalue weighted by Crippen LogP contribution is 2.39. The molecule has 1 heterocycles. The first-order valence-corrected chi connectivity index (χ1v) is 12.0. The summed E-state index contributed by atoms with van der Waals surface area (Å²) in [6.07, 6.45) is 5.82. The molecule has 1 aliphatic rings. The fraction of sp³-hybridized carbons (Fsp3) is 0.609. The molecule has 1 N–H and O–H groups in total. The molecular formula is C23H34N4O2S. The van der Waals surface area contributed by atoms with Crippen molar-refractivity contribution in [1.82, 2.24) is 20.1 Å². The zero-order valence-electron chi connectivity index (χ0n) is 18.6. The van der Waals surface area contributed by atoms with Gasteiger partial charge >= 0.3 is 0 Å². The molecule has 1 saturated carbocycles. The van der Waals surface area contributed by atoms with Crippen molar-refractivity contribution >= 4 is 17.7 Å². The molecule has 0 spiro atoms. The predicted molar refractivity (Wildman–Crippen MR) is 122 cm³/mol. The highest BCUT2D eigenvalue weighted by Gasteiger charge is 2.28. The summed E-state index contributed by atoms with van der Waals surface area (Å²) in [5.74, 6) is 3.26. The molecule has 6 nitrogen and oxygen atoms in total. The Balaban J connectivity index is 1.80. The van der Waals surface area contributed by atoms with Gasteiger partial charge in [0.05, 0.1) is 12.9 Å². The number of nitrogens with zero attached hydrogens (tertiary/aromatic N) is 3. The molecule has 1 fully saturated rings. The summed E-state index contributed by atoms with van der Waals surface area (Å²) in [6, 6.07) is 8.32. The van der Waals surface area contributed by atoms with Gasteiger partial charge in [0.2, 0.25) is 5.91 Å². The minimum atomic E-state index is 0.0536. The molecule has 1 amide bonds. The van der Waals surface area contributed by atoms with Crippen LogP contribution in [0, 0.1) is 11.8 Å². The molecular weight excluding hydrogens is 396 g/mol. The third-order valence-corrected chi connectivity index (χ3v) is 6.73. The van der Waals surface area contributed by atoms with Crippen molar-refractivity contribution < 1.29 is 9.53 Å². The van der Waals surface area contributed by atoms with Gasteiger partial charge in [-0.3, -0.25) is 9.36 Å². The van der Waals surface area contributed by atoms with E-state index in [0.29, 0.717) is 23.6 Å². The summed E-state index contributed by atoms with van der Waals surface area (Å²) in [6.45, 7) is 7.36. The van der Waals surface area contributed by atoms with Gasteiger partial charge in [-0.05, 0) is 55.4 Å². The van der Waals surface area contributed by atoms with Crippen LogP contribution in [0.4, 0.5) is 0 Å². The lowest BCUT2D eigenvalue weighted by molar-refractivity contribution is -0.118. The molecule has 0 radical (unpaired) electrons. The smallest absolute Gasteiger partial charge is 0.230 e. The number of carbonyl (C=O) groups excluding carboxylic acids is 1. The van der Waals surface area contributed by atoms with Crippen molar-refractivity contribution in [3.8, 4) is 17.1 Å². The monoisotopic (exact) mass is 430 g/mol. The van der Waals surface area contributed by atoms with E-state index in [9.17, 15) is 4.79 Å². The maximum atomic E-state index is 12.3. The molecule has 0 unspecified atom stereocenters. The second-order valence-electron chi connectivity index (χ2n) is 8.55. The number of nitrogens with one attached hydrogen (secondary N) is 1. The van der Waals surface area contributed by atoms with Crippen LogP contribution in [0.3, 0.4) is 0 Å². The molecule has 1 aromatic carbocycles. The van der Waals surface area contributed by atoms with Crippen molar-refractivity contribution in [2.45, 2.75) is 64.1 Å². The minimum Gasteiger partial charge on any atom is -0.497 e. The van der Waals surface area contributed by atoms with Gasteiger partial charge in [-0.2, -0.15) is 0 Å². The van der Waals surface area contributed by atoms with E-state index in [2.05, 4.69) is 40.9 Å². The molecule has 2 atom stereocenters. The molecule has 1 aliphatic carbocycles. The van der Waals surface area contributed by atoms with E-state index in [4.69, 9.17) is 4.74 Å². The van der Waals surface area contributed by atoms with Gasteiger partial charge in [0.15, 0.2) is 11.0 Å². The first kappa shape index (κ1) is 22.7. The average molecular weight is 431 g/mol. The normalized spacial score (nSPS) is 19.1. The van der Waals surface area contributed by atoms with Gasteiger partial charge in [-0.15, -0.1) is 10.2 Å². The van der Waals surface area contributed by atoms with Crippen molar-refractivity contribution in [2.24, 2.45) is 11.8 Å². The Hall–Kier alpha value is -2.02. The average Bonchev–Trinajstić information content (AvgIpc) is 3.16. The third kappa shape index (κ3) is 5.78. The quantitative estimate of drug-likeness (QED) is 0.570. The predicted octanol–water partition coefficient (Wildman–Crippen LogP) is 4.96. The number of hydrogen-bond donors (Lipinski definition) is 1. The van der Waals surface area contributed by atoms with E-state index in [-0.39, 0.29) is 5.91 Å². The molecule has 30 heavy (non-hydrogen) atoms. The van der Waals surface area contributed by atoms with Crippen LogP contribution in [0.1, 0.15) is 58.9 Å². The van der Waals surface area contributed by atoms with E-state index in [1.807, 2.05) is 24.3 Å². The number of carbonyl (C=O) groups is 1. The highest BCUT2D eigenvalue weighted by molar-refractivity contribution is 7.99. The van der Waals surface area contributed by atoms with Crippen molar-refractivity contribution in [2.75, 3.05) is 19.4 Å². The Bertz CT molecular complexity index is 819. The Morgan fingerprint density at radius 1 is 1.23 bits per heavy atom. The number of amides is 1. The van der Waals surface area contributed by atoms with Gasteiger partial charge in [0, 0.05) is 18.2 Å². The van der Waals surface area contributed by atoms with Gasteiger partial charge in [0.1, 0.15) is 5.75 Å². The number of ether oxygens (including phenoxy) is 1. The van der Waals surface area contributed by atoms with Crippen LogP contribution >= 0.6 is 11.8 Å². The van der Waals surface area contributed by atoms with Gasteiger partial charge in [-0.25, -0.2) is 0 Å². The number of aromatic nitrogens is 3. The Morgan fingerprint density at radius 2 is 1.97 bits per heavy atom. The summed E-state index contributed by atoms with van der Waals surface area (Å²) >= 11 is 1.49. The maximum Gasteiger partial charge on any atom is 0.230 e. The van der Waals surface area contributed by atoms with Crippen molar-refractivity contribution in [1.29, 1.82) is 0 Å². The second kappa shape index (κ2) is 10.8. The lowest BCUT2D eigenvalue weighted by Crippen LogP contribution is -2.27. The lowest BCUT2D eigenvalue weighted by Gasteiger charge is -2.31. The van der Waals surface area contributed by atoms with E-state index >= 15 is 0 Å². The summed E-state index contributed by atoms with van der Waals surface area (Å²) < 4.78 is 7.57. The van der Waals surface area contributed by atoms with E-state index in [1.165, 1.54) is 31.0 Å². The first-order valence-electron chi connectivity index (χ1n) is 11.0. The Morgan fingerprint density at radius 3 is 2.63 bits per heavy atom. The SMILES string of the molecule is COc1ccc(-c2nnc(SCC(=O)NCCC(C)C)n2[C@@H]2CCCC[C@H]2C)cc1. The maximum absolute atomic E-state index is 12.3. The number of hydrogen-bond acceptors (Lipinski definition) is 5. The molecule has 164 valence electrons. The van der Waals surface area contributed by atoms with Crippen LogP contribution in [0.2, 0.25) is 0 Å². The fourth-order valence-corrected chi connectivity index (χ4v) is 4.79. The molecule has 0 bridgehead atoms. The zero-order valence-corrected chi connectivity index (χ0v) is 19.4. The van der Waals surface area contributed by atoms with Crippen LogP contribution in [0.25, 0.3) is 11.4 Å². The van der Waals surface area contributed by atoms with E-state index in [0.717, 1.165) is 41.7 Å². The third-order valence-electron chi connectivity index (χ3n) is 5.79. The first-order chi connectivity index (χ1) is 14.5. The number of rotatable bonds is 9. The Labute approximate surface area is 184 Å². The number of methoxy groups -OCH3 is 1. The summed E-state index contributed by atoms with van der Waals surface area (Å²) in [5.41, 5.74) is 1.02. The molecule has 7 heteroatoms.